The van der Waals surface area contributed by atoms with E-state index in [0.29, 0.717) is 0 Å². The largest absolute Gasteiger partial charge is 0.381 e. The maximum atomic E-state index is 6.25. The second-order valence-corrected chi connectivity index (χ2v) is 7.20. The summed E-state index contributed by atoms with van der Waals surface area (Å²) in [6, 6.07) is 8.28. The molecule has 2 saturated heterocycles. The van der Waals surface area contributed by atoms with E-state index in [-0.39, 0.29) is 29.4 Å². The van der Waals surface area contributed by atoms with Gasteiger partial charge in [0, 0.05) is 43.3 Å². The molecule has 0 unspecified atom stereocenters. The zero-order valence-corrected chi connectivity index (χ0v) is 18.1. The molecular weight excluding hydrogens is 449 g/mol. The average molecular weight is 478 g/mol. The van der Waals surface area contributed by atoms with Gasteiger partial charge >= 0.3 is 0 Å². The molecule has 0 radical (unpaired) electrons. The van der Waals surface area contributed by atoms with Crippen molar-refractivity contribution in [3.63, 3.8) is 0 Å². The molecule has 0 saturated carbocycles. The van der Waals surface area contributed by atoms with E-state index < -0.39 is 0 Å². The van der Waals surface area contributed by atoms with Crippen LogP contribution < -0.4 is 5.32 Å². The van der Waals surface area contributed by atoms with Gasteiger partial charge in [0.15, 0.2) is 5.96 Å². The summed E-state index contributed by atoms with van der Waals surface area (Å²) in [5.41, 5.74) is 1.32. The second kappa shape index (κ2) is 9.97. The fourth-order valence-corrected chi connectivity index (χ4v) is 3.89. The monoisotopic (exact) mass is 477 g/mol. The van der Waals surface area contributed by atoms with E-state index in [1.165, 1.54) is 18.4 Å². The van der Waals surface area contributed by atoms with Gasteiger partial charge in [0.25, 0.3) is 0 Å². The quantitative estimate of drug-likeness (QED) is 0.404. The minimum absolute atomic E-state index is 0. The fourth-order valence-electron chi connectivity index (χ4n) is 3.70. The van der Waals surface area contributed by atoms with Crippen LogP contribution in [0, 0.1) is 0 Å². The van der Waals surface area contributed by atoms with Gasteiger partial charge in [-0.2, -0.15) is 0 Å². The molecule has 6 heteroatoms. The normalized spacial score (nSPS) is 20.2. The summed E-state index contributed by atoms with van der Waals surface area (Å²) >= 11 is 6.25. The Morgan fingerprint density at radius 3 is 2.64 bits per heavy atom. The van der Waals surface area contributed by atoms with Crippen LogP contribution in [0.5, 0.6) is 0 Å². The van der Waals surface area contributed by atoms with Gasteiger partial charge in [-0.05, 0) is 50.3 Å². The first kappa shape index (κ1) is 20.8. The Bertz CT molecular complexity index is 570. The van der Waals surface area contributed by atoms with Crippen molar-refractivity contribution in [1.82, 2.24) is 10.2 Å². The lowest BCUT2D eigenvalue weighted by molar-refractivity contribution is 0.0530. The Labute approximate surface area is 173 Å². The van der Waals surface area contributed by atoms with Crippen molar-refractivity contribution >= 4 is 41.5 Å². The summed E-state index contributed by atoms with van der Waals surface area (Å²) in [5, 5.41) is 4.26. The molecule has 2 fully saturated rings. The number of rotatable bonds is 4. The van der Waals surface area contributed by atoms with E-state index in [4.69, 9.17) is 21.3 Å². The zero-order valence-electron chi connectivity index (χ0n) is 15.0. The van der Waals surface area contributed by atoms with Crippen LogP contribution in [-0.2, 0) is 10.2 Å². The molecule has 0 amide bonds. The summed E-state index contributed by atoms with van der Waals surface area (Å²) in [7, 11) is 0. The van der Waals surface area contributed by atoms with Crippen LogP contribution >= 0.6 is 35.6 Å². The van der Waals surface area contributed by atoms with Gasteiger partial charge in [-0.3, -0.25) is 4.99 Å². The lowest BCUT2D eigenvalue weighted by Gasteiger charge is -2.37. The topological polar surface area (TPSA) is 36.9 Å². The van der Waals surface area contributed by atoms with Crippen LogP contribution in [-0.4, -0.2) is 50.3 Å². The first-order valence-corrected chi connectivity index (χ1v) is 9.48. The maximum absolute atomic E-state index is 6.25. The number of hydrogen-bond donors (Lipinski definition) is 1. The minimum Gasteiger partial charge on any atom is -0.381 e. The Morgan fingerprint density at radius 1 is 1.28 bits per heavy atom. The van der Waals surface area contributed by atoms with Gasteiger partial charge in [-0.25, -0.2) is 0 Å². The molecule has 0 aliphatic carbocycles. The van der Waals surface area contributed by atoms with Crippen LogP contribution in [0.1, 0.15) is 38.2 Å². The average Bonchev–Trinajstić information content (AvgIpc) is 3.14. The third-order valence-electron chi connectivity index (χ3n) is 5.16. The number of nitrogens with one attached hydrogen (secondary N) is 1. The van der Waals surface area contributed by atoms with Crippen molar-refractivity contribution in [2.24, 2.45) is 4.99 Å². The number of nitrogens with zero attached hydrogens (tertiary/aromatic N) is 2. The summed E-state index contributed by atoms with van der Waals surface area (Å²) in [4.78, 5) is 7.41. The van der Waals surface area contributed by atoms with Crippen LogP contribution in [0.25, 0.3) is 0 Å². The van der Waals surface area contributed by atoms with Crippen LogP contribution in [0.15, 0.2) is 29.3 Å². The van der Waals surface area contributed by atoms with Crippen LogP contribution in [0.3, 0.4) is 0 Å². The molecule has 0 aromatic heterocycles. The molecule has 0 spiro atoms. The van der Waals surface area contributed by atoms with E-state index in [9.17, 15) is 0 Å². The number of hydrogen-bond acceptors (Lipinski definition) is 2. The van der Waals surface area contributed by atoms with Gasteiger partial charge in [0.2, 0.25) is 0 Å². The number of halogens is 2. The molecule has 1 aromatic carbocycles. The fraction of sp³-hybridized carbons (Fsp3) is 0.632. The lowest BCUT2D eigenvalue weighted by Crippen LogP contribution is -2.42. The van der Waals surface area contributed by atoms with E-state index in [1.807, 2.05) is 12.1 Å². The number of likely N-dealkylation sites (tertiary alicyclic amines) is 1. The highest BCUT2D eigenvalue weighted by molar-refractivity contribution is 14.0. The molecule has 0 bridgehead atoms. The highest BCUT2D eigenvalue weighted by Crippen LogP contribution is 2.36. The lowest BCUT2D eigenvalue weighted by atomic mass is 9.74. The second-order valence-electron chi connectivity index (χ2n) is 6.77. The van der Waals surface area contributed by atoms with Crippen molar-refractivity contribution < 1.29 is 4.74 Å². The molecule has 25 heavy (non-hydrogen) atoms. The molecule has 3 rings (SSSR count). The summed E-state index contributed by atoms with van der Waals surface area (Å²) in [6.45, 7) is 7.63. The van der Waals surface area contributed by atoms with E-state index in [0.717, 1.165) is 63.2 Å². The predicted molar refractivity (Wildman–Crippen MR) is 115 cm³/mol. The summed E-state index contributed by atoms with van der Waals surface area (Å²) in [5.74, 6) is 1.06. The highest BCUT2D eigenvalue weighted by Gasteiger charge is 2.35. The van der Waals surface area contributed by atoms with Crippen molar-refractivity contribution in [2.75, 3.05) is 39.4 Å². The smallest absolute Gasteiger partial charge is 0.193 e. The van der Waals surface area contributed by atoms with Gasteiger partial charge in [0.05, 0.1) is 6.54 Å². The van der Waals surface area contributed by atoms with E-state index >= 15 is 0 Å². The Kier molecular flexibility index (Phi) is 8.29. The Morgan fingerprint density at radius 2 is 2.00 bits per heavy atom. The highest BCUT2D eigenvalue weighted by atomic mass is 127. The van der Waals surface area contributed by atoms with Crippen LogP contribution in [0.2, 0.25) is 5.02 Å². The van der Waals surface area contributed by atoms with Gasteiger partial charge in [0.1, 0.15) is 0 Å². The molecule has 0 atom stereocenters. The molecule has 2 heterocycles. The standard InChI is InChI=1S/C19H28ClN3O.HI/c1-2-21-18(23-10-3-4-11-23)22-15-19(8-12-24-13-9-19)16-6-5-7-17(20)14-16;/h5-7,14H,2-4,8-13,15H2,1H3,(H,21,22);1H. The third-order valence-corrected chi connectivity index (χ3v) is 5.39. The van der Waals surface area contributed by atoms with Gasteiger partial charge in [-0.15, -0.1) is 24.0 Å². The molecule has 2 aliphatic heterocycles. The molecule has 4 nitrogen and oxygen atoms in total. The van der Waals surface area contributed by atoms with E-state index in [2.05, 4.69) is 29.3 Å². The number of ether oxygens (including phenoxy) is 1. The predicted octanol–water partition coefficient (Wildman–Crippen LogP) is 4.07. The zero-order chi connectivity index (χ0) is 16.8. The SMILES string of the molecule is CCNC(=NCC1(c2cccc(Cl)c2)CCOCC1)N1CCCC1.I. The van der Waals surface area contributed by atoms with Crippen molar-refractivity contribution in [1.29, 1.82) is 0 Å². The van der Waals surface area contributed by atoms with Gasteiger partial charge in [-0.1, -0.05) is 23.7 Å². The number of benzene rings is 1. The third kappa shape index (κ3) is 5.23. The first-order valence-electron chi connectivity index (χ1n) is 9.10. The molecule has 1 N–H and O–H groups in total. The van der Waals surface area contributed by atoms with Gasteiger partial charge < -0.3 is 15.0 Å². The first-order chi connectivity index (χ1) is 11.7. The summed E-state index contributed by atoms with van der Waals surface area (Å²) < 4.78 is 5.62. The molecule has 2 aliphatic rings. The van der Waals surface area contributed by atoms with Crippen molar-refractivity contribution in [3.05, 3.63) is 34.9 Å². The molecule has 140 valence electrons. The Balaban J connectivity index is 0.00000225. The number of aliphatic imine (C=N–C) groups is 1. The van der Waals surface area contributed by atoms with Crippen molar-refractivity contribution in [2.45, 2.75) is 38.0 Å². The number of guanidine groups is 1. The summed E-state index contributed by atoms with van der Waals surface area (Å²) in [6.07, 6.45) is 4.52. The van der Waals surface area contributed by atoms with Crippen LogP contribution in [0.4, 0.5) is 0 Å². The Hall–Kier alpha value is -0.530. The molecular formula is C19H29ClIN3O. The van der Waals surface area contributed by atoms with Crippen molar-refractivity contribution in [3.8, 4) is 0 Å². The van der Waals surface area contributed by atoms with E-state index in [1.54, 1.807) is 0 Å². The molecule has 1 aromatic rings. The minimum atomic E-state index is 0. The maximum Gasteiger partial charge on any atom is 0.193 e.